The first-order valence-corrected chi connectivity index (χ1v) is 9.08. The Bertz CT molecular complexity index is 1010. The first-order valence-electron chi connectivity index (χ1n) is 9.08. The third-order valence-corrected chi connectivity index (χ3v) is 5.25. The summed E-state index contributed by atoms with van der Waals surface area (Å²) in [5, 5.41) is 4.19. The van der Waals surface area contributed by atoms with Gasteiger partial charge in [-0.25, -0.2) is 0 Å². The van der Waals surface area contributed by atoms with E-state index in [0.717, 1.165) is 35.4 Å². The van der Waals surface area contributed by atoms with E-state index in [1.807, 2.05) is 36.4 Å². The fourth-order valence-electron chi connectivity index (χ4n) is 3.88. The molecule has 0 spiro atoms. The normalized spacial score (nSPS) is 15.1. The van der Waals surface area contributed by atoms with Gasteiger partial charge in [-0.15, -0.1) is 0 Å². The molecule has 2 N–H and O–H groups in total. The van der Waals surface area contributed by atoms with Crippen molar-refractivity contribution in [3.8, 4) is 11.5 Å². The minimum absolute atomic E-state index is 0.0599. The van der Waals surface area contributed by atoms with Gasteiger partial charge in [-0.3, -0.25) is 4.79 Å². The number of aromatic amines is 1. The van der Waals surface area contributed by atoms with E-state index in [0.29, 0.717) is 12.1 Å². The molecule has 0 radical (unpaired) electrons. The van der Waals surface area contributed by atoms with Gasteiger partial charge in [-0.05, 0) is 67.1 Å². The van der Waals surface area contributed by atoms with Gasteiger partial charge < -0.3 is 19.8 Å². The molecule has 1 aromatic heterocycles. The molecule has 1 aliphatic carbocycles. The standard InChI is InChI=1S/C21H20N2O3/c24-21(22-11-13-5-8-19-20(9-13)26-12-25-19)14-6-7-18-16(10-14)15-3-1-2-4-17(15)23-18/h5-10,23H,1-4,11-12H2,(H,22,24). The number of carbonyl (C=O) groups excluding carboxylic acids is 1. The zero-order valence-electron chi connectivity index (χ0n) is 14.4. The summed E-state index contributed by atoms with van der Waals surface area (Å²) in [5.41, 5.74) is 5.54. The Hall–Kier alpha value is -2.95. The molecule has 2 aliphatic rings. The molecule has 1 aliphatic heterocycles. The topological polar surface area (TPSA) is 63.4 Å². The summed E-state index contributed by atoms with van der Waals surface area (Å²) < 4.78 is 10.7. The highest BCUT2D eigenvalue weighted by Gasteiger charge is 2.17. The monoisotopic (exact) mass is 348 g/mol. The quantitative estimate of drug-likeness (QED) is 0.758. The van der Waals surface area contributed by atoms with Crippen molar-refractivity contribution in [2.75, 3.05) is 6.79 Å². The number of hydrogen-bond donors (Lipinski definition) is 2. The van der Waals surface area contributed by atoms with Crippen LogP contribution in [0, 0.1) is 0 Å². The Labute approximate surface area is 151 Å². The maximum atomic E-state index is 12.6. The Morgan fingerprint density at radius 1 is 1.04 bits per heavy atom. The minimum Gasteiger partial charge on any atom is -0.454 e. The second-order valence-corrected chi connectivity index (χ2v) is 6.92. The molecule has 0 unspecified atom stereocenters. The molecule has 0 fully saturated rings. The molecular weight excluding hydrogens is 328 g/mol. The van der Waals surface area contributed by atoms with E-state index in [9.17, 15) is 4.79 Å². The summed E-state index contributed by atoms with van der Waals surface area (Å²) in [6.07, 6.45) is 4.66. The molecular formula is C21H20N2O3. The molecule has 5 nitrogen and oxygen atoms in total. The average molecular weight is 348 g/mol. The molecule has 132 valence electrons. The number of benzene rings is 2. The van der Waals surface area contributed by atoms with Crippen LogP contribution in [0.25, 0.3) is 10.9 Å². The van der Waals surface area contributed by atoms with E-state index < -0.39 is 0 Å². The molecule has 2 aromatic carbocycles. The number of hydrogen-bond acceptors (Lipinski definition) is 3. The Morgan fingerprint density at radius 3 is 2.88 bits per heavy atom. The number of ether oxygens (including phenoxy) is 2. The van der Waals surface area contributed by atoms with Crippen molar-refractivity contribution in [1.82, 2.24) is 10.3 Å². The van der Waals surface area contributed by atoms with Crippen LogP contribution in [-0.4, -0.2) is 17.7 Å². The number of amides is 1. The molecule has 5 rings (SSSR count). The molecule has 1 amide bonds. The maximum absolute atomic E-state index is 12.6. The molecule has 0 bridgehead atoms. The second-order valence-electron chi connectivity index (χ2n) is 6.92. The van der Waals surface area contributed by atoms with Crippen molar-refractivity contribution in [2.24, 2.45) is 0 Å². The van der Waals surface area contributed by atoms with Crippen molar-refractivity contribution in [3.63, 3.8) is 0 Å². The zero-order chi connectivity index (χ0) is 17.5. The van der Waals surface area contributed by atoms with Crippen LogP contribution in [0.3, 0.4) is 0 Å². The highest BCUT2D eigenvalue weighted by Crippen LogP contribution is 2.32. The van der Waals surface area contributed by atoms with Gasteiger partial charge in [0.25, 0.3) is 5.91 Å². The predicted molar refractivity (Wildman–Crippen MR) is 98.7 cm³/mol. The lowest BCUT2D eigenvalue weighted by Gasteiger charge is -2.10. The fourth-order valence-corrected chi connectivity index (χ4v) is 3.88. The SMILES string of the molecule is O=C(NCc1ccc2c(c1)OCO2)c1ccc2[nH]c3c(c2c1)CCCC3. The van der Waals surface area contributed by atoms with E-state index in [1.54, 1.807) is 0 Å². The number of aryl methyl sites for hydroxylation is 2. The minimum atomic E-state index is -0.0599. The van der Waals surface area contributed by atoms with Gasteiger partial charge in [0.2, 0.25) is 6.79 Å². The summed E-state index contributed by atoms with van der Waals surface area (Å²) in [6.45, 7) is 0.713. The van der Waals surface area contributed by atoms with Crippen LogP contribution in [0.5, 0.6) is 11.5 Å². The van der Waals surface area contributed by atoms with E-state index in [2.05, 4.69) is 10.3 Å². The number of rotatable bonds is 3. The van der Waals surface area contributed by atoms with E-state index in [4.69, 9.17) is 9.47 Å². The van der Waals surface area contributed by atoms with Crippen LogP contribution in [-0.2, 0) is 19.4 Å². The summed E-state index contributed by atoms with van der Waals surface area (Å²) >= 11 is 0. The number of nitrogens with one attached hydrogen (secondary N) is 2. The number of fused-ring (bicyclic) bond motifs is 4. The summed E-state index contributed by atoms with van der Waals surface area (Å²) in [4.78, 5) is 16.1. The van der Waals surface area contributed by atoms with Crippen LogP contribution in [0.15, 0.2) is 36.4 Å². The fraction of sp³-hybridized carbons (Fsp3) is 0.286. The number of H-pyrrole nitrogens is 1. The van der Waals surface area contributed by atoms with Crippen molar-refractivity contribution < 1.29 is 14.3 Å². The lowest BCUT2D eigenvalue weighted by molar-refractivity contribution is 0.0951. The van der Waals surface area contributed by atoms with Crippen LogP contribution in [0.1, 0.15) is 40.0 Å². The van der Waals surface area contributed by atoms with Gasteiger partial charge in [-0.1, -0.05) is 6.07 Å². The van der Waals surface area contributed by atoms with Gasteiger partial charge in [-0.2, -0.15) is 0 Å². The van der Waals surface area contributed by atoms with E-state index >= 15 is 0 Å². The van der Waals surface area contributed by atoms with Gasteiger partial charge in [0.1, 0.15) is 0 Å². The zero-order valence-corrected chi connectivity index (χ0v) is 14.4. The van der Waals surface area contributed by atoms with Crippen molar-refractivity contribution in [3.05, 3.63) is 58.8 Å². The van der Waals surface area contributed by atoms with Gasteiger partial charge >= 0.3 is 0 Å². The molecule has 2 heterocycles. The number of aromatic nitrogens is 1. The van der Waals surface area contributed by atoms with Gasteiger partial charge in [0.05, 0.1) is 0 Å². The first kappa shape index (κ1) is 15.3. The van der Waals surface area contributed by atoms with Crippen LogP contribution in [0.2, 0.25) is 0 Å². The number of carbonyl (C=O) groups is 1. The molecule has 0 saturated heterocycles. The summed E-state index contributed by atoms with van der Waals surface area (Å²) in [6, 6.07) is 11.7. The summed E-state index contributed by atoms with van der Waals surface area (Å²) in [5.74, 6) is 1.43. The average Bonchev–Trinajstić information content (AvgIpc) is 3.29. The molecule has 5 heteroatoms. The maximum Gasteiger partial charge on any atom is 0.251 e. The Kier molecular flexibility index (Phi) is 3.59. The lowest BCUT2D eigenvalue weighted by atomic mass is 9.95. The van der Waals surface area contributed by atoms with Crippen molar-refractivity contribution in [2.45, 2.75) is 32.2 Å². The van der Waals surface area contributed by atoms with E-state index in [-0.39, 0.29) is 12.7 Å². The highest BCUT2D eigenvalue weighted by atomic mass is 16.7. The second kappa shape index (κ2) is 6.09. The van der Waals surface area contributed by atoms with Gasteiger partial charge in [0, 0.05) is 28.7 Å². The lowest BCUT2D eigenvalue weighted by Crippen LogP contribution is -2.22. The first-order chi connectivity index (χ1) is 12.8. The van der Waals surface area contributed by atoms with E-state index in [1.165, 1.54) is 29.5 Å². The van der Waals surface area contributed by atoms with Gasteiger partial charge in [0.15, 0.2) is 11.5 Å². The third-order valence-electron chi connectivity index (χ3n) is 5.25. The smallest absolute Gasteiger partial charge is 0.251 e. The van der Waals surface area contributed by atoms with Crippen molar-refractivity contribution in [1.29, 1.82) is 0 Å². The van der Waals surface area contributed by atoms with Crippen LogP contribution >= 0.6 is 0 Å². The molecule has 0 saturated carbocycles. The largest absolute Gasteiger partial charge is 0.454 e. The molecule has 3 aromatic rings. The van der Waals surface area contributed by atoms with Crippen LogP contribution in [0.4, 0.5) is 0 Å². The molecule has 0 atom stereocenters. The summed E-state index contributed by atoms with van der Waals surface area (Å²) in [7, 11) is 0. The van der Waals surface area contributed by atoms with Crippen LogP contribution < -0.4 is 14.8 Å². The van der Waals surface area contributed by atoms with Crippen molar-refractivity contribution >= 4 is 16.8 Å². The Morgan fingerprint density at radius 2 is 1.92 bits per heavy atom. The highest BCUT2D eigenvalue weighted by molar-refractivity contribution is 5.99. The third kappa shape index (κ3) is 2.60. The Balaban J connectivity index is 1.35. The molecule has 26 heavy (non-hydrogen) atoms. The predicted octanol–water partition coefficient (Wildman–Crippen LogP) is 3.71.